The summed E-state index contributed by atoms with van der Waals surface area (Å²) in [5.41, 5.74) is 2.41. The molecule has 1 amide bonds. The van der Waals surface area contributed by atoms with Crippen molar-refractivity contribution in [1.82, 2.24) is 10.6 Å². The number of rotatable bonds is 5. The molecule has 3 unspecified atom stereocenters. The molecule has 2 rings (SSSR count). The molecular weight excluding hydrogens is 260 g/mol. The summed E-state index contributed by atoms with van der Waals surface area (Å²) in [7, 11) is 0. The highest BCUT2D eigenvalue weighted by atomic mass is 16.1. The molecule has 21 heavy (non-hydrogen) atoms. The summed E-state index contributed by atoms with van der Waals surface area (Å²) in [4.78, 5) is 12.2. The van der Waals surface area contributed by atoms with Crippen LogP contribution in [0.1, 0.15) is 50.3 Å². The van der Waals surface area contributed by atoms with Gasteiger partial charge in [-0.25, -0.2) is 0 Å². The van der Waals surface area contributed by atoms with Crippen molar-refractivity contribution in [3.63, 3.8) is 0 Å². The largest absolute Gasteiger partial charge is 0.350 e. The summed E-state index contributed by atoms with van der Waals surface area (Å²) in [6.07, 6.45) is 3.11. The molecule has 1 heterocycles. The Bertz CT molecular complexity index is 449. The maximum atomic E-state index is 12.2. The first-order valence-corrected chi connectivity index (χ1v) is 8.13. The number of carbonyl (C=O) groups excluding carboxylic acids is 1. The van der Waals surface area contributed by atoms with Crippen LogP contribution in [0.15, 0.2) is 24.3 Å². The number of hydrogen-bond donors (Lipinski definition) is 2. The maximum Gasteiger partial charge on any atom is 0.220 e. The molecule has 1 saturated heterocycles. The van der Waals surface area contributed by atoms with E-state index in [4.69, 9.17) is 0 Å². The lowest BCUT2D eigenvalue weighted by atomic mass is 9.85. The zero-order chi connectivity index (χ0) is 15.2. The molecule has 3 heteroatoms. The summed E-state index contributed by atoms with van der Waals surface area (Å²) in [5, 5.41) is 6.56. The lowest BCUT2D eigenvalue weighted by Gasteiger charge is -2.28. The first kappa shape index (κ1) is 16.0. The number of piperidine rings is 1. The molecule has 0 radical (unpaired) electrons. The van der Waals surface area contributed by atoms with Gasteiger partial charge in [0.2, 0.25) is 5.91 Å². The fourth-order valence-corrected chi connectivity index (χ4v) is 3.06. The second kappa shape index (κ2) is 7.60. The minimum Gasteiger partial charge on any atom is -0.350 e. The van der Waals surface area contributed by atoms with Crippen molar-refractivity contribution >= 4 is 5.91 Å². The normalized spacial score (nSPS) is 21.6. The predicted molar refractivity (Wildman–Crippen MR) is 87.1 cm³/mol. The first-order chi connectivity index (χ1) is 10.1. The highest BCUT2D eigenvalue weighted by molar-refractivity contribution is 5.76. The Labute approximate surface area is 128 Å². The van der Waals surface area contributed by atoms with E-state index in [1.54, 1.807) is 0 Å². The maximum absolute atomic E-state index is 12.2. The van der Waals surface area contributed by atoms with E-state index < -0.39 is 0 Å². The van der Waals surface area contributed by atoms with E-state index in [9.17, 15) is 4.79 Å². The van der Waals surface area contributed by atoms with Crippen LogP contribution in [0.5, 0.6) is 0 Å². The number of amides is 1. The van der Waals surface area contributed by atoms with Gasteiger partial charge in [0.15, 0.2) is 0 Å². The molecule has 2 N–H and O–H groups in total. The lowest BCUT2D eigenvalue weighted by Crippen LogP contribution is -2.36. The van der Waals surface area contributed by atoms with Crippen molar-refractivity contribution in [3.8, 4) is 0 Å². The van der Waals surface area contributed by atoms with Crippen molar-refractivity contribution < 1.29 is 4.79 Å². The predicted octanol–water partition coefficient (Wildman–Crippen LogP) is 3.20. The Morgan fingerprint density at radius 3 is 2.67 bits per heavy atom. The van der Waals surface area contributed by atoms with Crippen LogP contribution in [-0.2, 0) is 4.79 Å². The number of aryl methyl sites for hydroxylation is 1. The molecule has 0 aliphatic carbocycles. The van der Waals surface area contributed by atoms with Gasteiger partial charge in [-0.3, -0.25) is 4.79 Å². The smallest absolute Gasteiger partial charge is 0.220 e. The third kappa shape index (κ3) is 4.85. The Kier molecular flexibility index (Phi) is 5.80. The van der Waals surface area contributed by atoms with Crippen LogP contribution in [0, 0.1) is 18.8 Å². The molecule has 3 atom stereocenters. The van der Waals surface area contributed by atoms with E-state index >= 15 is 0 Å². The molecule has 0 aromatic heterocycles. The zero-order valence-electron chi connectivity index (χ0n) is 13.5. The van der Waals surface area contributed by atoms with Gasteiger partial charge in [0.05, 0.1) is 6.04 Å². The average molecular weight is 288 g/mol. The molecule has 0 spiro atoms. The fourth-order valence-electron chi connectivity index (χ4n) is 3.06. The van der Waals surface area contributed by atoms with Crippen molar-refractivity contribution in [2.45, 2.75) is 46.1 Å². The van der Waals surface area contributed by atoms with Crippen LogP contribution in [0.3, 0.4) is 0 Å². The van der Waals surface area contributed by atoms with Crippen LogP contribution in [0.25, 0.3) is 0 Å². The number of benzene rings is 1. The van der Waals surface area contributed by atoms with Crippen molar-refractivity contribution in [1.29, 1.82) is 0 Å². The fraction of sp³-hybridized carbons (Fsp3) is 0.611. The van der Waals surface area contributed by atoms with E-state index in [2.05, 4.69) is 55.7 Å². The van der Waals surface area contributed by atoms with Crippen LogP contribution in [-0.4, -0.2) is 19.0 Å². The molecule has 1 aromatic rings. The molecule has 0 saturated carbocycles. The van der Waals surface area contributed by atoms with E-state index in [1.165, 1.54) is 24.0 Å². The molecular formula is C18H28N2O. The summed E-state index contributed by atoms with van der Waals surface area (Å²) in [6, 6.07) is 8.45. The molecule has 1 fully saturated rings. The second-order valence-electron chi connectivity index (χ2n) is 6.49. The molecule has 1 aliphatic heterocycles. The topological polar surface area (TPSA) is 41.1 Å². The number of nitrogens with one attached hydrogen (secondary N) is 2. The molecule has 1 aliphatic rings. The summed E-state index contributed by atoms with van der Waals surface area (Å²) >= 11 is 0. The van der Waals surface area contributed by atoms with E-state index in [0.717, 1.165) is 13.1 Å². The van der Waals surface area contributed by atoms with Crippen molar-refractivity contribution in [3.05, 3.63) is 35.4 Å². The van der Waals surface area contributed by atoms with Crippen LogP contribution in [0.2, 0.25) is 0 Å². The van der Waals surface area contributed by atoms with E-state index in [0.29, 0.717) is 18.3 Å². The second-order valence-corrected chi connectivity index (χ2v) is 6.49. The Morgan fingerprint density at radius 2 is 2.05 bits per heavy atom. The Hall–Kier alpha value is -1.35. The number of hydrogen-bond acceptors (Lipinski definition) is 2. The number of carbonyl (C=O) groups is 1. The summed E-state index contributed by atoms with van der Waals surface area (Å²) in [6.45, 7) is 8.51. The van der Waals surface area contributed by atoms with Crippen molar-refractivity contribution in [2.75, 3.05) is 13.1 Å². The van der Waals surface area contributed by atoms with Gasteiger partial charge in [-0.15, -0.1) is 0 Å². The van der Waals surface area contributed by atoms with E-state index in [1.807, 2.05) is 0 Å². The van der Waals surface area contributed by atoms with Crippen LogP contribution in [0.4, 0.5) is 0 Å². The molecule has 0 bridgehead atoms. The highest BCUT2D eigenvalue weighted by Crippen LogP contribution is 2.23. The van der Waals surface area contributed by atoms with Crippen molar-refractivity contribution in [2.24, 2.45) is 11.8 Å². The third-order valence-corrected chi connectivity index (χ3v) is 4.60. The lowest BCUT2D eigenvalue weighted by molar-refractivity contribution is -0.123. The monoisotopic (exact) mass is 288 g/mol. The summed E-state index contributed by atoms with van der Waals surface area (Å²) < 4.78 is 0. The van der Waals surface area contributed by atoms with Gasteiger partial charge >= 0.3 is 0 Å². The van der Waals surface area contributed by atoms with Gasteiger partial charge in [-0.2, -0.15) is 0 Å². The zero-order valence-corrected chi connectivity index (χ0v) is 13.5. The molecule has 1 aromatic carbocycles. The first-order valence-electron chi connectivity index (χ1n) is 8.13. The third-order valence-electron chi connectivity index (χ3n) is 4.60. The highest BCUT2D eigenvalue weighted by Gasteiger charge is 2.22. The molecule has 3 nitrogen and oxygen atoms in total. The van der Waals surface area contributed by atoms with Crippen LogP contribution >= 0.6 is 0 Å². The summed E-state index contributed by atoms with van der Waals surface area (Å²) in [5.74, 6) is 1.25. The van der Waals surface area contributed by atoms with Gasteiger partial charge in [0.1, 0.15) is 0 Å². The van der Waals surface area contributed by atoms with Gasteiger partial charge < -0.3 is 10.6 Å². The standard InChI is InChI=1S/C18H28N2O/c1-13-6-8-16(9-7-13)15(3)20-18(21)11-14(2)17-5-4-10-19-12-17/h6-9,14-15,17,19H,4-5,10-12H2,1-3H3,(H,20,21). The van der Waals surface area contributed by atoms with Gasteiger partial charge in [-0.1, -0.05) is 36.8 Å². The average Bonchev–Trinajstić information content (AvgIpc) is 2.48. The van der Waals surface area contributed by atoms with Crippen LogP contribution < -0.4 is 10.6 Å². The Balaban J connectivity index is 1.81. The minimum atomic E-state index is 0.0785. The molecule has 116 valence electrons. The quantitative estimate of drug-likeness (QED) is 0.873. The Morgan fingerprint density at radius 1 is 1.33 bits per heavy atom. The van der Waals surface area contributed by atoms with Gasteiger partial charge in [0.25, 0.3) is 0 Å². The SMILES string of the molecule is Cc1ccc(C(C)NC(=O)CC(C)C2CCCNC2)cc1. The minimum absolute atomic E-state index is 0.0785. The van der Waals surface area contributed by atoms with Gasteiger partial charge in [0, 0.05) is 6.42 Å². The van der Waals surface area contributed by atoms with E-state index in [-0.39, 0.29) is 11.9 Å². The van der Waals surface area contributed by atoms with Gasteiger partial charge in [-0.05, 0) is 57.2 Å².